The molecule has 0 aliphatic carbocycles. The number of benzene rings is 2. The third-order valence-electron chi connectivity index (χ3n) is 7.64. The zero-order valence-corrected chi connectivity index (χ0v) is 24.4. The van der Waals surface area contributed by atoms with E-state index < -0.39 is 17.6 Å². The zero-order chi connectivity index (χ0) is 30.7. The first-order valence-electron chi connectivity index (χ1n) is 13.8. The zero-order valence-electron chi connectivity index (χ0n) is 24.4. The van der Waals surface area contributed by atoms with Crippen molar-refractivity contribution in [2.24, 2.45) is 5.92 Å². The Kier molecular flexibility index (Phi) is 8.69. The maximum absolute atomic E-state index is 14.1. The molecule has 2 aromatic carbocycles. The molecule has 0 bridgehead atoms. The van der Waals surface area contributed by atoms with Gasteiger partial charge in [-0.25, -0.2) is 19.9 Å². The molecule has 2 unspecified atom stereocenters. The molecule has 224 valence electrons. The summed E-state index contributed by atoms with van der Waals surface area (Å²) >= 11 is 0. The summed E-state index contributed by atoms with van der Waals surface area (Å²) in [5.41, 5.74) is 2.52. The van der Waals surface area contributed by atoms with Gasteiger partial charge in [0.05, 0.1) is 11.3 Å². The smallest absolute Gasteiger partial charge is 0.324 e. The lowest BCUT2D eigenvalue weighted by Crippen LogP contribution is -2.34. The maximum Gasteiger partial charge on any atom is 0.416 e. The van der Waals surface area contributed by atoms with E-state index in [9.17, 15) is 18.0 Å². The summed E-state index contributed by atoms with van der Waals surface area (Å²) in [7, 11) is 3.97. The Labute approximate surface area is 248 Å². The summed E-state index contributed by atoms with van der Waals surface area (Å²) in [6, 6.07) is 11.0. The maximum atomic E-state index is 14.1. The molecule has 1 saturated heterocycles. The SMILES string of the molecule is Cc1ccc(NC(=O)c2ccc(CN3CC(C)C(N(C)C)C3)c(C(F)(F)F)c2)cc1Nc1nccc(-c2cncnc2)n1. The van der Waals surface area contributed by atoms with Gasteiger partial charge in [0.2, 0.25) is 5.95 Å². The number of likely N-dealkylation sites (tertiary alicyclic amines) is 1. The Morgan fingerprint density at radius 2 is 1.84 bits per heavy atom. The quantitative estimate of drug-likeness (QED) is 0.272. The van der Waals surface area contributed by atoms with Crippen LogP contribution in [0.4, 0.5) is 30.5 Å². The highest BCUT2D eigenvalue weighted by Crippen LogP contribution is 2.35. The first kappa shape index (κ1) is 30.1. The summed E-state index contributed by atoms with van der Waals surface area (Å²) in [6.45, 7) is 5.55. The fourth-order valence-electron chi connectivity index (χ4n) is 5.38. The Hall–Kier alpha value is -4.42. The molecule has 3 heterocycles. The fraction of sp³-hybridized carbons (Fsp3) is 0.323. The van der Waals surface area contributed by atoms with Crippen LogP contribution in [0.2, 0.25) is 0 Å². The van der Waals surface area contributed by atoms with Crippen molar-refractivity contribution in [2.75, 3.05) is 37.8 Å². The lowest BCUT2D eigenvalue weighted by Gasteiger charge is -2.23. The van der Waals surface area contributed by atoms with E-state index in [1.165, 1.54) is 18.5 Å². The average Bonchev–Trinajstić information content (AvgIpc) is 3.35. The van der Waals surface area contributed by atoms with E-state index in [1.807, 2.05) is 25.9 Å². The van der Waals surface area contributed by atoms with Crippen LogP contribution in [0, 0.1) is 12.8 Å². The number of rotatable bonds is 8. The number of likely N-dealkylation sites (N-methyl/N-ethyl adjacent to an activating group) is 1. The van der Waals surface area contributed by atoms with Crippen LogP contribution in [0.3, 0.4) is 0 Å². The third-order valence-corrected chi connectivity index (χ3v) is 7.64. The van der Waals surface area contributed by atoms with E-state index in [1.54, 1.807) is 42.9 Å². The molecule has 1 aliphatic rings. The van der Waals surface area contributed by atoms with Crippen LogP contribution in [-0.4, -0.2) is 68.9 Å². The summed E-state index contributed by atoms with van der Waals surface area (Å²) in [5, 5.41) is 5.87. The number of aryl methyl sites for hydroxylation is 1. The molecule has 2 N–H and O–H groups in total. The predicted octanol–water partition coefficient (Wildman–Crippen LogP) is 5.64. The van der Waals surface area contributed by atoms with E-state index in [-0.39, 0.29) is 23.7 Å². The summed E-state index contributed by atoms with van der Waals surface area (Å²) < 4.78 is 42.4. The second-order valence-corrected chi connectivity index (χ2v) is 11.1. The molecule has 0 radical (unpaired) electrons. The first-order valence-corrected chi connectivity index (χ1v) is 13.8. The minimum absolute atomic E-state index is 0.0757. The molecule has 2 aromatic heterocycles. The van der Waals surface area contributed by atoms with Gasteiger partial charge in [-0.15, -0.1) is 0 Å². The van der Waals surface area contributed by atoms with Crippen molar-refractivity contribution in [3.63, 3.8) is 0 Å². The second kappa shape index (κ2) is 12.4. The van der Waals surface area contributed by atoms with E-state index in [0.29, 0.717) is 42.0 Å². The van der Waals surface area contributed by atoms with Crippen molar-refractivity contribution < 1.29 is 18.0 Å². The molecule has 1 aliphatic heterocycles. The van der Waals surface area contributed by atoms with Crippen LogP contribution in [-0.2, 0) is 12.7 Å². The number of alkyl halides is 3. The van der Waals surface area contributed by atoms with Crippen LogP contribution in [0.5, 0.6) is 0 Å². The molecule has 0 saturated carbocycles. The summed E-state index contributed by atoms with van der Waals surface area (Å²) in [6.07, 6.45) is 1.72. The fourth-order valence-corrected chi connectivity index (χ4v) is 5.38. The van der Waals surface area contributed by atoms with Crippen molar-refractivity contribution >= 4 is 23.2 Å². The first-order chi connectivity index (χ1) is 20.5. The lowest BCUT2D eigenvalue weighted by atomic mass is 10.0. The Bertz CT molecular complexity index is 1600. The molecule has 5 rings (SSSR count). The van der Waals surface area contributed by atoms with Crippen LogP contribution in [0.1, 0.15) is 34.0 Å². The molecular weight excluding hydrogens is 557 g/mol. The minimum Gasteiger partial charge on any atom is -0.324 e. The van der Waals surface area contributed by atoms with Gasteiger partial charge in [-0.2, -0.15) is 13.2 Å². The summed E-state index contributed by atoms with van der Waals surface area (Å²) in [4.78, 5) is 34.1. The van der Waals surface area contributed by atoms with Crippen molar-refractivity contribution in [1.29, 1.82) is 0 Å². The largest absolute Gasteiger partial charge is 0.416 e. The van der Waals surface area contributed by atoms with Gasteiger partial charge >= 0.3 is 6.18 Å². The number of aromatic nitrogens is 4. The lowest BCUT2D eigenvalue weighted by molar-refractivity contribution is -0.138. The minimum atomic E-state index is -4.60. The van der Waals surface area contributed by atoms with E-state index >= 15 is 0 Å². The van der Waals surface area contributed by atoms with E-state index in [2.05, 4.69) is 42.4 Å². The molecule has 9 nitrogen and oxygen atoms in total. The van der Waals surface area contributed by atoms with Crippen molar-refractivity contribution in [3.05, 3.63) is 89.6 Å². The molecule has 1 fully saturated rings. The number of halogens is 3. The molecule has 12 heteroatoms. The van der Waals surface area contributed by atoms with Gasteiger partial charge in [0, 0.05) is 66.8 Å². The average molecular weight is 591 g/mol. The monoisotopic (exact) mass is 590 g/mol. The molecule has 2 atom stereocenters. The van der Waals surface area contributed by atoms with Gasteiger partial charge in [0.1, 0.15) is 6.33 Å². The summed E-state index contributed by atoms with van der Waals surface area (Å²) in [5.74, 6) is 0.0246. The number of carbonyl (C=O) groups excluding carboxylic acids is 1. The normalized spacial score (nSPS) is 17.3. The van der Waals surface area contributed by atoms with Crippen molar-refractivity contribution in [2.45, 2.75) is 32.6 Å². The standard InChI is InChI=1S/C31H33F3N8O/c1-19-5-8-24(12-27(19)40-30-37-10-9-26(39-30)23-13-35-18-36-14-23)38-29(43)21-6-7-22(25(11-21)31(32,33)34)16-42-15-20(2)28(17-42)41(3)4/h5-14,18,20,28H,15-17H2,1-4H3,(H,38,43)(H,37,39,40). The van der Waals surface area contributed by atoms with Gasteiger partial charge in [0.15, 0.2) is 0 Å². The number of hydrogen-bond acceptors (Lipinski definition) is 8. The van der Waals surface area contributed by atoms with E-state index in [0.717, 1.165) is 17.2 Å². The number of carbonyl (C=O) groups is 1. The van der Waals surface area contributed by atoms with E-state index in [4.69, 9.17) is 0 Å². The van der Waals surface area contributed by atoms with Gasteiger partial charge in [-0.05, 0) is 68.4 Å². The highest BCUT2D eigenvalue weighted by atomic mass is 19.4. The number of nitrogens with one attached hydrogen (secondary N) is 2. The Morgan fingerprint density at radius 3 is 2.53 bits per heavy atom. The number of amides is 1. The van der Waals surface area contributed by atoms with Crippen LogP contribution < -0.4 is 10.6 Å². The van der Waals surface area contributed by atoms with Crippen LogP contribution in [0.25, 0.3) is 11.3 Å². The molecule has 43 heavy (non-hydrogen) atoms. The van der Waals surface area contributed by atoms with Crippen molar-refractivity contribution in [3.8, 4) is 11.3 Å². The van der Waals surface area contributed by atoms with Gasteiger partial charge in [0.25, 0.3) is 5.91 Å². The van der Waals surface area contributed by atoms with Gasteiger partial charge in [-0.3, -0.25) is 9.69 Å². The topological polar surface area (TPSA) is 99.2 Å². The van der Waals surface area contributed by atoms with Gasteiger partial charge in [-0.1, -0.05) is 19.1 Å². The highest BCUT2D eigenvalue weighted by molar-refractivity contribution is 6.04. The Balaban J connectivity index is 1.32. The van der Waals surface area contributed by atoms with Crippen LogP contribution >= 0.6 is 0 Å². The predicted molar refractivity (Wildman–Crippen MR) is 159 cm³/mol. The molecular formula is C31H33F3N8O. The second-order valence-electron chi connectivity index (χ2n) is 11.1. The number of hydrogen-bond donors (Lipinski definition) is 2. The van der Waals surface area contributed by atoms with Gasteiger partial charge < -0.3 is 15.5 Å². The van der Waals surface area contributed by atoms with Crippen LogP contribution in [0.15, 0.2) is 67.4 Å². The number of anilines is 3. The number of nitrogens with zero attached hydrogens (tertiary/aromatic N) is 6. The molecule has 0 spiro atoms. The molecule has 4 aromatic rings. The van der Waals surface area contributed by atoms with Crippen molar-refractivity contribution in [1.82, 2.24) is 29.7 Å². The molecule has 1 amide bonds. The Morgan fingerprint density at radius 1 is 1.07 bits per heavy atom. The highest BCUT2D eigenvalue weighted by Gasteiger charge is 2.36. The third kappa shape index (κ3) is 7.15.